The van der Waals surface area contributed by atoms with Crippen LogP contribution in [0.5, 0.6) is 5.75 Å². The maximum Gasteiger partial charge on any atom is 0.352 e. The van der Waals surface area contributed by atoms with Crippen molar-refractivity contribution in [2.24, 2.45) is 5.92 Å². The lowest BCUT2D eigenvalue weighted by molar-refractivity contribution is -0.179. The van der Waals surface area contributed by atoms with Gasteiger partial charge in [0.15, 0.2) is 5.60 Å². The van der Waals surface area contributed by atoms with Crippen LogP contribution in [-0.2, 0) is 25.5 Å². The molecule has 2 N–H and O–H groups in total. The summed E-state index contributed by atoms with van der Waals surface area (Å²) in [7, 11) is 1.75. The van der Waals surface area contributed by atoms with Gasteiger partial charge in [-0.15, -0.1) is 0 Å². The van der Waals surface area contributed by atoms with Crippen LogP contribution in [0.1, 0.15) is 43.1 Å². The van der Waals surface area contributed by atoms with Crippen molar-refractivity contribution in [1.82, 2.24) is 10.6 Å². The zero-order valence-corrected chi connectivity index (χ0v) is 21.3. The van der Waals surface area contributed by atoms with E-state index in [9.17, 15) is 14.4 Å². The van der Waals surface area contributed by atoms with E-state index in [-0.39, 0.29) is 11.8 Å². The molecule has 0 aliphatic carbocycles. The van der Waals surface area contributed by atoms with Crippen molar-refractivity contribution >= 4 is 29.4 Å². The molecule has 35 heavy (non-hydrogen) atoms. The highest BCUT2D eigenvalue weighted by Crippen LogP contribution is 2.20. The molecule has 2 aromatic rings. The van der Waals surface area contributed by atoms with Gasteiger partial charge in [0, 0.05) is 23.7 Å². The van der Waals surface area contributed by atoms with Gasteiger partial charge in [0.05, 0.1) is 5.92 Å². The summed E-state index contributed by atoms with van der Waals surface area (Å²) in [4.78, 5) is 36.6. The molecule has 0 saturated heterocycles. The SMILES string of the molecule is CCC(CNC)C(=O)OCOC(=O)C(C)(C)Oc1ccc(CCNC(=O)c2ccc(Cl)cc2)cc1. The second kappa shape index (κ2) is 13.7. The normalized spacial score (nSPS) is 11.9. The molecule has 0 radical (unpaired) electrons. The lowest BCUT2D eigenvalue weighted by atomic mass is 10.1. The van der Waals surface area contributed by atoms with E-state index >= 15 is 0 Å². The highest BCUT2D eigenvalue weighted by atomic mass is 35.5. The van der Waals surface area contributed by atoms with E-state index in [0.29, 0.717) is 42.3 Å². The van der Waals surface area contributed by atoms with Crippen molar-refractivity contribution < 1.29 is 28.6 Å². The Balaban J connectivity index is 1.78. The van der Waals surface area contributed by atoms with Crippen LogP contribution in [0.25, 0.3) is 0 Å². The van der Waals surface area contributed by atoms with Gasteiger partial charge in [-0.3, -0.25) is 9.59 Å². The largest absolute Gasteiger partial charge is 0.476 e. The molecule has 0 aliphatic heterocycles. The highest BCUT2D eigenvalue weighted by Gasteiger charge is 2.32. The van der Waals surface area contributed by atoms with Gasteiger partial charge in [-0.1, -0.05) is 30.7 Å². The number of halogens is 1. The number of carbonyl (C=O) groups is 3. The van der Waals surface area contributed by atoms with Gasteiger partial charge < -0.3 is 24.8 Å². The molecule has 0 heterocycles. The molecule has 2 aromatic carbocycles. The number of nitrogens with one attached hydrogen (secondary N) is 2. The molecule has 2 rings (SSSR count). The lowest BCUT2D eigenvalue weighted by Crippen LogP contribution is -2.40. The molecule has 1 atom stereocenters. The standard InChI is InChI=1S/C26H33ClN2O6/c1-5-19(16-28-4)24(31)33-17-34-25(32)26(2,3)35-22-12-6-18(7-13-22)14-15-29-23(30)20-8-10-21(27)11-9-20/h6-13,19,28H,5,14-17H2,1-4H3,(H,29,30). The Morgan fingerprint density at radius 2 is 1.66 bits per heavy atom. The molecule has 0 fully saturated rings. The maximum absolute atomic E-state index is 12.4. The van der Waals surface area contributed by atoms with E-state index in [1.165, 1.54) is 0 Å². The Morgan fingerprint density at radius 1 is 1.00 bits per heavy atom. The molecule has 8 nitrogen and oxygen atoms in total. The Morgan fingerprint density at radius 3 is 2.26 bits per heavy atom. The van der Waals surface area contributed by atoms with Crippen molar-refractivity contribution in [3.05, 3.63) is 64.7 Å². The minimum atomic E-state index is -1.28. The highest BCUT2D eigenvalue weighted by molar-refractivity contribution is 6.30. The molecule has 0 saturated carbocycles. The summed E-state index contributed by atoms with van der Waals surface area (Å²) in [6, 6.07) is 13.9. The predicted octanol–water partition coefficient (Wildman–Crippen LogP) is 3.76. The Labute approximate surface area is 211 Å². The average Bonchev–Trinajstić information content (AvgIpc) is 2.83. The van der Waals surface area contributed by atoms with Crippen LogP contribution < -0.4 is 15.4 Å². The fourth-order valence-electron chi connectivity index (χ4n) is 3.16. The van der Waals surface area contributed by atoms with Crippen LogP contribution in [0, 0.1) is 5.92 Å². The first kappa shape index (κ1) is 28.1. The third-order valence-electron chi connectivity index (χ3n) is 5.26. The summed E-state index contributed by atoms with van der Waals surface area (Å²) in [6.45, 7) is 5.52. The molecular weight excluding hydrogens is 472 g/mol. The number of rotatable bonds is 13. The molecule has 0 aliphatic rings. The third kappa shape index (κ3) is 9.22. The topological polar surface area (TPSA) is 103 Å². The van der Waals surface area contributed by atoms with Gasteiger partial charge >= 0.3 is 11.9 Å². The Kier molecular flexibility index (Phi) is 11.0. The summed E-state index contributed by atoms with van der Waals surface area (Å²) in [5.74, 6) is -1.06. The minimum absolute atomic E-state index is 0.167. The number of esters is 2. The van der Waals surface area contributed by atoms with Crippen LogP contribution in [0.2, 0.25) is 5.02 Å². The van der Waals surface area contributed by atoms with E-state index in [4.69, 9.17) is 25.8 Å². The third-order valence-corrected chi connectivity index (χ3v) is 5.51. The summed E-state index contributed by atoms with van der Waals surface area (Å²) in [6.07, 6.45) is 1.25. The summed E-state index contributed by atoms with van der Waals surface area (Å²) in [5, 5.41) is 6.37. The fourth-order valence-corrected chi connectivity index (χ4v) is 3.28. The summed E-state index contributed by atoms with van der Waals surface area (Å²) >= 11 is 5.84. The van der Waals surface area contributed by atoms with E-state index in [2.05, 4.69) is 10.6 Å². The van der Waals surface area contributed by atoms with Crippen molar-refractivity contribution in [3.8, 4) is 5.75 Å². The van der Waals surface area contributed by atoms with Gasteiger partial charge in [-0.05, 0) is 75.7 Å². The van der Waals surface area contributed by atoms with Crippen LogP contribution >= 0.6 is 11.6 Å². The second-order valence-corrected chi connectivity index (χ2v) is 8.88. The van der Waals surface area contributed by atoms with Crippen molar-refractivity contribution in [2.75, 3.05) is 26.9 Å². The fraction of sp³-hybridized carbons (Fsp3) is 0.423. The number of benzene rings is 2. The van der Waals surface area contributed by atoms with E-state index in [1.807, 2.05) is 19.1 Å². The van der Waals surface area contributed by atoms with E-state index < -0.39 is 24.3 Å². The molecular formula is C26H33ClN2O6. The smallest absolute Gasteiger partial charge is 0.352 e. The predicted molar refractivity (Wildman–Crippen MR) is 133 cm³/mol. The van der Waals surface area contributed by atoms with Crippen LogP contribution in [0.4, 0.5) is 0 Å². The molecule has 0 aromatic heterocycles. The number of hydrogen-bond acceptors (Lipinski definition) is 7. The van der Waals surface area contributed by atoms with Gasteiger partial charge in [0.25, 0.3) is 5.91 Å². The van der Waals surface area contributed by atoms with E-state index in [1.54, 1.807) is 57.3 Å². The first-order valence-electron chi connectivity index (χ1n) is 11.5. The zero-order valence-electron chi connectivity index (χ0n) is 20.6. The monoisotopic (exact) mass is 504 g/mol. The zero-order chi connectivity index (χ0) is 25.8. The van der Waals surface area contributed by atoms with Crippen LogP contribution in [0.15, 0.2) is 48.5 Å². The minimum Gasteiger partial charge on any atom is -0.476 e. The number of amides is 1. The molecule has 190 valence electrons. The average molecular weight is 505 g/mol. The van der Waals surface area contributed by atoms with Crippen LogP contribution in [0.3, 0.4) is 0 Å². The molecule has 9 heteroatoms. The Hall–Kier alpha value is -3.10. The van der Waals surface area contributed by atoms with Gasteiger partial charge in [-0.2, -0.15) is 0 Å². The van der Waals surface area contributed by atoms with Crippen molar-refractivity contribution in [1.29, 1.82) is 0 Å². The maximum atomic E-state index is 12.4. The van der Waals surface area contributed by atoms with Crippen LogP contribution in [-0.4, -0.2) is 50.4 Å². The molecule has 1 unspecified atom stereocenters. The molecule has 1 amide bonds. The van der Waals surface area contributed by atoms with Gasteiger partial charge in [0.1, 0.15) is 5.75 Å². The van der Waals surface area contributed by atoms with E-state index in [0.717, 1.165) is 5.56 Å². The van der Waals surface area contributed by atoms with Crippen molar-refractivity contribution in [3.63, 3.8) is 0 Å². The van der Waals surface area contributed by atoms with Gasteiger partial charge in [0.2, 0.25) is 6.79 Å². The summed E-state index contributed by atoms with van der Waals surface area (Å²) in [5.41, 5.74) is 0.258. The first-order valence-corrected chi connectivity index (χ1v) is 11.8. The molecule has 0 bridgehead atoms. The number of carbonyl (C=O) groups excluding carboxylic acids is 3. The quantitative estimate of drug-likeness (QED) is 0.316. The first-order chi connectivity index (χ1) is 16.7. The van der Waals surface area contributed by atoms with Gasteiger partial charge in [-0.25, -0.2) is 4.79 Å². The number of hydrogen-bond donors (Lipinski definition) is 2. The number of ether oxygens (including phenoxy) is 3. The Bertz CT molecular complexity index is 976. The van der Waals surface area contributed by atoms with Crippen molar-refractivity contribution in [2.45, 2.75) is 39.2 Å². The summed E-state index contributed by atoms with van der Waals surface area (Å²) < 4.78 is 15.9. The second-order valence-electron chi connectivity index (χ2n) is 8.44. The molecule has 0 spiro atoms. The lowest BCUT2D eigenvalue weighted by Gasteiger charge is -2.24.